The van der Waals surface area contributed by atoms with Gasteiger partial charge in [0, 0.05) is 12.6 Å². The van der Waals surface area contributed by atoms with E-state index in [-0.39, 0.29) is 11.8 Å². The van der Waals surface area contributed by atoms with Gasteiger partial charge >= 0.3 is 0 Å². The summed E-state index contributed by atoms with van der Waals surface area (Å²) in [6.07, 6.45) is 5.98. The molecule has 2 fully saturated rings. The Balaban J connectivity index is 1.82. The Kier molecular flexibility index (Phi) is 3.62. The lowest BCUT2D eigenvalue weighted by Crippen LogP contribution is -2.41. The Labute approximate surface area is 92.0 Å². The average Bonchev–Trinajstić information content (AvgIpc) is 2.87. The van der Waals surface area contributed by atoms with Crippen molar-refractivity contribution in [1.82, 2.24) is 10.6 Å². The van der Waals surface area contributed by atoms with Crippen LogP contribution < -0.4 is 10.6 Å². The lowest BCUT2D eigenvalue weighted by molar-refractivity contribution is -0.125. The zero-order valence-corrected chi connectivity index (χ0v) is 9.59. The zero-order chi connectivity index (χ0) is 10.7. The van der Waals surface area contributed by atoms with Crippen molar-refractivity contribution >= 4 is 5.91 Å². The molecule has 2 aliphatic rings. The third kappa shape index (κ3) is 2.51. The van der Waals surface area contributed by atoms with Gasteiger partial charge in [-0.3, -0.25) is 4.79 Å². The van der Waals surface area contributed by atoms with Gasteiger partial charge in [0.05, 0.1) is 5.92 Å². The Morgan fingerprint density at radius 3 is 2.93 bits per heavy atom. The van der Waals surface area contributed by atoms with Crippen molar-refractivity contribution in [2.45, 2.75) is 45.1 Å². The molecule has 2 unspecified atom stereocenters. The van der Waals surface area contributed by atoms with Gasteiger partial charge in [-0.2, -0.15) is 0 Å². The van der Waals surface area contributed by atoms with Crippen molar-refractivity contribution in [2.75, 3.05) is 13.1 Å². The molecule has 0 aromatic heterocycles. The Hall–Kier alpha value is -0.570. The number of carbonyl (C=O) groups is 1. The maximum atomic E-state index is 11.9. The molecule has 3 nitrogen and oxygen atoms in total. The van der Waals surface area contributed by atoms with Gasteiger partial charge in [0.2, 0.25) is 5.91 Å². The molecule has 3 heteroatoms. The van der Waals surface area contributed by atoms with Crippen LogP contribution in [0.25, 0.3) is 0 Å². The largest absolute Gasteiger partial charge is 0.353 e. The van der Waals surface area contributed by atoms with Gasteiger partial charge in [-0.05, 0) is 31.7 Å². The minimum atomic E-state index is 0.225. The number of hydrogen-bond acceptors (Lipinski definition) is 2. The van der Waals surface area contributed by atoms with Crippen LogP contribution in [0.2, 0.25) is 0 Å². The zero-order valence-electron chi connectivity index (χ0n) is 9.59. The molecule has 1 heterocycles. The van der Waals surface area contributed by atoms with Crippen molar-refractivity contribution < 1.29 is 4.79 Å². The number of nitrogens with one attached hydrogen (secondary N) is 2. The van der Waals surface area contributed by atoms with E-state index in [4.69, 9.17) is 0 Å². The fourth-order valence-electron chi connectivity index (χ4n) is 2.89. The highest BCUT2D eigenvalue weighted by Crippen LogP contribution is 2.28. The molecule has 3 atom stereocenters. The molecule has 0 radical (unpaired) electrons. The fraction of sp³-hybridized carbons (Fsp3) is 0.917. The second kappa shape index (κ2) is 4.97. The topological polar surface area (TPSA) is 41.1 Å². The van der Waals surface area contributed by atoms with Gasteiger partial charge in [0.1, 0.15) is 0 Å². The summed E-state index contributed by atoms with van der Waals surface area (Å²) in [5, 5.41) is 6.49. The maximum absolute atomic E-state index is 11.9. The standard InChI is InChI=1S/C12H22N2O/c1-2-9-4-3-5-11(9)14-12(15)10-6-7-13-8-10/h9-11,13H,2-8H2,1H3,(H,14,15)/t9?,10-,11?/m0/s1. The third-order valence-corrected chi connectivity index (χ3v) is 3.94. The molecule has 0 spiro atoms. The summed E-state index contributed by atoms with van der Waals surface area (Å²) >= 11 is 0. The average molecular weight is 210 g/mol. The van der Waals surface area contributed by atoms with Crippen molar-refractivity contribution in [3.8, 4) is 0 Å². The van der Waals surface area contributed by atoms with Gasteiger partial charge in [0.25, 0.3) is 0 Å². The molecular formula is C12H22N2O. The third-order valence-electron chi connectivity index (χ3n) is 3.94. The summed E-state index contributed by atoms with van der Waals surface area (Å²) in [5.74, 6) is 1.23. The predicted octanol–water partition coefficient (Wildman–Crippen LogP) is 1.29. The Bertz CT molecular complexity index is 224. The summed E-state index contributed by atoms with van der Waals surface area (Å²) in [5.41, 5.74) is 0. The van der Waals surface area contributed by atoms with Crippen LogP contribution in [0.15, 0.2) is 0 Å². The van der Waals surface area contributed by atoms with E-state index < -0.39 is 0 Å². The lowest BCUT2D eigenvalue weighted by atomic mass is 9.99. The number of rotatable bonds is 3. The molecule has 0 bridgehead atoms. The number of amides is 1. The molecule has 0 aromatic rings. The van der Waals surface area contributed by atoms with E-state index in [1.54, 1.807) is 0 Å². The van der Waals surface area contributed by atoms with E-state index in [1.165, 1.54) is 25.7 Å². The molecule has 15 heavy (non-hydrogen) atoms. The van der Waals surface area contributed by atoms with E-state index in [0.717, 1.165) is 25.4 Å². The summed E-state index contributed by atoms with van der Waals surface area (Å²) in [6, 6.07) is 0.461. The predicted molar refractivity (Wildman–Crippen MR) is 60.5 cm³/mol. The van der Waals surface area contributed by atoms with Crippen molar-refractivity contribution in [1.29, 1.82) is 0 Å². The molecule has 0 aromatic carbocycles. The first-order valence-electron chi connectivity index (χ1n) is 6.32. The minimum absolute atomic E-state index is 0.225. The van der Waals surface area contributed by atoms with Gasteiger partial charge in [0.15, 0.2) is 0 Å². The first kappa shape index (κ1) is 10.9. The molecule has 86 valence electrons. The van der Waals surface area contributed by atoms with Gasteiger partial charge in [-0.25, -0.2) is 0 Å². The van der Waals surface area contributed by atoms with Crippen LogP contribution in [-0.2, 0) is 4.79 Å². The summed E-state index contributed by atoms with van der Waals surface area (Å²) in [6.45, 7) is 4.10. The number of carbonyl (C=O) groups excluding carboxylic acids is 1. The molecule has 2 rings (SSSR count). The molecule has 1 aliphatic heterocycles. The highest BCUT2D eigenvalue weighted by molar-refractivity contribution is 5.79. The second-order valence-electron chi connectivity index (χ2n) is 4.90. The minimum Gasteiger partial charge on any atom is -0.353 e. The summed E-state index contributed by atoms with van der Waals surface area (Å²) < 4.78 is 0. The van der Waals surface area contributed by atoms with Crippen LogP contribution in [-0.4, -0.2) is 25.0 Å². The first-order chi connectivity index (χ1) is 7.31. The fourth-order valence-corrected chi connectivity index (χ4v) is 2.89. The van der Waals surface area contributed by atoms with Crippen molar-refractivity contribution in [2.24, 2.45) is 11.8 Å². The highest BCUT2D eigenvalue weighted by Gasteiger charge is 2.30. The van der Waals surface area contributed by atoms with Crippen LogP contribution in [0.5, 0.6) is 0 Å². The van der Waals surface area contributed by atoms with E-state index in [1.807, 2.05) is 0 Å². The van der Waals surface area contributed by atoms with Crippen LogP contribution >= 0.6 is 0 Å². The SMILES string of the molecule is CCC1CCCC1NC(=O)[C@H]1CCNC1. The van der Waals surface area contributed by atoms with Gasteiger partial charge in [-0.15, -0.1) is 0 Å². The van der Waals surface area contributed by atoms with E-state index in [0.29, 0.717) is 6.04 Å². The molecule has 1 amide bonds. The van der Waals surface area contributed by atoms with Gasteiger partial charge < -0.3 is 10.6 Å². The van der Waals surface area contributed by atoms with Crippen LogP contribution in [0, 0.1) is 11.8 Å². The quantitative estimate of drug-likeness (QED) is 0.737. The number of hydrogen-bond donors (Lipinski definition) is 2. The molecule has 1 aliphatic carbocycles. The second-order valence-corrected chi connectivity index (χ2v) is 4.90. The monoisotopic (exact) mass is 210 g/mol. The molecule has 1 saturated heterocycles. The van der Waals surface area contributed by atoms with E-state index in [2.05, 4.69) is 17.6 Å². The van der Waals surface area contributed by atoms with Crippen molar-refractivity contribution in [3.05, 3.63) is 0 Å². The van der Waals surface area contributed by atoms with Gasteiger partial charge in [-0.1, -0.05) is 19.8 Å². The van der Waals surface area contributed by atoms with E-state index in [9.17, 15) is 4.79 Å². The Morgan fingerprint density at radius 1 is 1.40 bits per heavy atom. The smallest absolute Gasteiger partial charge is 0.224 e. The van der Waals surface area contributed by atoms with Crippen LogP contribution in [0.1, 0.15) is 39.0 Å². The maximum Gasteiger partial charge on any atom is 0.224 e. The van der Waals surface area contributed by atoms with Crippen molar-refractivity contribution in [3.63, 3.8) is 0 Å². The Morgan fingerprint density at radius 2 is 2.27 bits per heavy atom. The summed E-state index contributed by atoms with van der Waals surface area (Å²) in [7, 11) is 0. The molecule has 1 saturated carbocycles. The normalized spacial score (nSPS) is 35.7. The van der Waals surface area contributed by atoms with Crippen LogP contribution in [0.3, 0.4) is 0 Å². The summed E-state index contributed by atoms with van der Waals surface area (Å²) in [4.78, 5) is 11.9. The first-order valence-corrected chi connectivity index (χ1v) is 6.32. The van der Waals surface area contributed by atoms with Crippen LogP contribution in [0.4, 0.5) is 0 Å². The highest BCUT2D eigenvalue weighted by atomic mass is 16.2. The molecule has 2 N–H and O–H groups in total. The lowest BCUT2D eigenvalue weighted by Gasteiger charge is -2.21. The molecular weight excluding hydrogens is 188 g/mol. The van der Waals surface area contributed by atoms with E-state index >= 15 is 0 Å².